The molecule has 0 unspecified atom stereocenters. The van der Waals surface area contributed by atoms with Crippen LogP contribution in [0.5, 0.6) is 5.75 Å². The van der Waals surface area contributed by atoms with Crippen LogP contribution in [0.4, 0.5) is 0 Å². The van der Waals surface area contributed by atoms with Crippen LogP contribution in [0.25, 0.3) is 0 Å². The largest absolute Gasteiger partial charge is 0.504 e. The zero-order valence-electron chi connectivity index (χ0n) is 8.31. The van der Waals surface area contributed by atoms with Crippen molar-refractivity contribution >= 4 is 0 Å². The van der Waals surface area contributed by atoms with Crippen LogP contribution in [0.15, 0.2) is 4.79 Å². The Labute approximate surface area is 79.3 Å². The zero-order valence-corrected chi connectivity index (χ0v) is 8.31. The first-order valence-corrected chi connectivity index (χ1v) is 5.24. The Morgan fingerprint density at radius 1 is 1.08 bits per heavy atom. The summed E-state index contributed by atoms with van der Waals surface area (Å²) < 4.78 is 0. The van der Waals surface area contributed by atoms with Gasteiger partial charge in [0.25, 0.3) is 0 Å². The topological polar surface area (TPSA) is 37.3 Å². The Morgan fingerprint density at radius 3 is 2.15 bits per heavy atom. The Kier molecular flexibility index (Phi) is 4.00. The minimum absolute atomic E-state index is 0.0357. The van der Waals surface area contributed by atoms with E-state index in [1.807, 2.05) is 0 Å². The Balaban J connectivity index is 1.91. The maximum Gasteiger partial charge on any atom is 0.227 e. The molecular weight excluding hydrogens is 164 g/mol. The zero-order chi connectivity index (χ0) is 9.68. The minimum atomic E-state index is -0.103. The predicted octanol–water partition coefficient (Wildman–Crippen LogP) is 2.53. The number of unbranched alkanes of at least 4 members (excludes halogenated alkanes) is 5. The molecule has 0 aliphatic heterocycles. The van der Waals surface area contributed by atoms with Gasteiger partial charge in [0.15, 0.2) is 5.75 Å². The van der Waals surface area contributed by atoms with Gasteiger partial charge in [0, 0.05) is 5.56 Å². The van der Waals surface area contributed by atoms with Gasteiger partial charge in [0.05, 0.1) is 0 Å². The lowest BCUT2D eigenvalue weighted by atomic mass is 10.1. The van der Waals surface area contributed by atoms with Crippen molar-refractivity contribution in [2.24, 2.45) is 0 Å². The fourth-order valence-electron chi connectivity index (χ4n) is 1.51. The van der Waals surface area contributed by atoms with Crippen LogP contribution in [-0.4, -0.2) is 5.11 Å². The van der Waals surface area contributed by atoms with Gasteiger partial charge >= 0.3 is 0 Å². The number of hydrogen-bond donors (Lipinski definition) is 1. The first kappa shape index (κ1) is 10.3. The molecule has 0 bridgehead atoms. The number of hydrogen-bond acceptors (Lipinski definition) is 2. The van der Waals surface area contributed by atoms with Gasteiger partial charge in [-0.15, -0.1) is 0 Å². The molecule has 2 nitrogen and oxygen atoms in total. The second-order valence-corrected chi connectivity index (χ2v) is 3.67. The van der Waals surface area contributed by atoms with Crippen molar-refractivity contribution in [3.8, 4) is 5.75 Å². The van der Waals surface area contributed by atoms with Crippen molar-refractivity contribution in [2.45, 2.75) is 51.9 Å². The highest BCUT2D eigenvalue weighted by molar-refractivity contribution is 5.44. The van der Waals surface area contributed by atoms with E-state index in [9.17, 15) is 4.79 Å². The highest BCUT2D eigenvalue weighted by atomic mass is 16.3. The van der Waals surface area contributed by atoms with Crippen LogP contribution in [0.2, 0.25) is 0 Å². The molecule has 0 saturated carbocycles. The lowest BCUT2D eigenvalue weighted by Crippen LogP contribution is -1.84. The maximum atomic E-state index is 10.7. The molecule has 1 aromatic rings. The number of aromatic hydroxyl groups is 1. The molecule has 0 fully saturated rings. The minimum Gasteiger partial charge on any atom is -0.504 e. The lowest BCUT2D eigenvalue weighted by molar-refractivity contribution is 0.484. The first-order chi connectivity index (χ1) is 6.27. The molecule has 0 radical (unpaired) electrons. The van der Waals surface area contributed by atoms with Gasteiger partial charge in [-0.25, -0.2) is 0 Å². The van der Waals surface area contributed by atoms with E-state index in [0.29, 0.717) is 5.56 Å². The SMILES string of the molecule is CCCCCCCCc1c(O)c1=O. The van der Waals surface area contributed by atoms with Crippen molar-refractivity contribution in [1.82, 2.24) is 0 Å². The quantitative estimate of drug-likeness (QED) is 0.658. The van der Waals surface area contributed by atoms with Crippen LogP contribution in [0.3, 0.4) is 0 Å². The van der Waals surface area contributed by atoms with Crippen molar-refractivity contribution in [2.75, 3.05) is 0 Å². The maximum absolute atomic E-state index is 10.7. The normalized spacial score (nSPS) is 11.2. The molecule has 0 aliphatic rings. The molecule has 1 N–H and O–H groups in total. The average Bonchev–Trinajstić information content (AvgIpc) is 2.68. The van der Waals surface area contributed by atoms with Crippen LogP contribution < -0.4 is 5.43 Å². The summed E-state index contributed by atoms with van der Waals surface area (Å²) >= 11 is 0. The molecule has 0 spiro atoms. The summed E-state index contributed by atoms with van der Waals surface area (Å²) in [4.78, 5) is 10.7. The van der Waals surface area contributed by atoms with Crippen molar-refractivity contribution < 1.29 is 5.11 Å². The molecule has 0 atom stereocenters. The standard InChI is InChI=1S/C11H18O2/c1-2-3-4-5-6-7-8-9-10(12)11(9)13/h12H,2-8H2,1H3. The summed E-state index contributed by atoms with van der Waals surface area (Å²) in [5, 5.41) is 8.87. The second-order valence-electron chi connectivity index (χ2n) is 3.67. The Hall–Kier alpha value is -0.790. The molecule has 1 aromatic carbocycles. The molecular formula is C11H18O2. The number of rotatable bonds is 7. The Morgan fingerprint density at radius 2 is 1.62 bits per heavy atom. The molecule has 2 heteroatoms. The summed E-state index contributed by atoms with van der Waals surface area (Å²) in [6, 6.07) is 0. The predicted molar refractivity (Wildman–Crippen MR) is 53.8 cm³/mol. The molecule has 0 saturated heterocycles. The smallest absolute Gasteiger partial charge is 0.227 e. The molecule has 0 amide bonds. The second kappa shape index (κ2) is 5.05. The van der Waals surface area contributed by atoms with E-state index in [-0.39, 0.29) is 11.2 Å². The third-order valence-corrected chi connectivity index (χ3v) is 2.49. The monoisotopic (exact) mass is 182 g/mol. The summed E-state index contributed by atoms with van der Waals surface area (Å²) in [6.07, 6.45) is 8.17. The van der Waals surface area contributed by atoms with Gasteiger partial charge in [0.1, 0.15) is 0 Å². The molecule has 0 heterocycles. The van der Waals surface area contributed by atoms with Gasteiger partial charge in [-0.1, -0.05) is 39.0 Å². The summed E-state index contributed by atoms with van der Waals surface area (Å²) in [6.45, 7) is 2.20. The summed E-state index contributed by atoms with van der Waals surface area (Å²) in [7, 11) is 0. The van der Waals surface area contributed by atoms with E-state index >= 15 is 0 Å². The van der Waals surface area contributed by atoms with Gasteiger partial charge in [-0.3, -0.25) is 4.79 Å². The van der Waals surface area contributed by atoms with E-state index in [2.05, 4.69) is 6.92 Å². The molecule has 13 heavy (non-hydrogen) atoms. The van der Waals surface area contributed by atoms with Gasteiger partial charge in [-0.05, 0) is 12.8 Å². The van der Waals surface area contributed by atoms with Gasteiger partial charge in [0.2, 0.25) is 5.43 Å². The average molecular weight is 182 g/mol. The van der Waals surface area contributed by atoms with Crippen LogP contribution in [0.1, 0.15) is 51.0 Å². The van der Waals surface area contributed by atoms with Crippen LogP contribution in [0, 0.1) is 0 Å². The molecule has 0 aliphatic carbocycles. The third kappa shape index (κ3) is 3.21. The fraction of sp³-hybridized carbons (Fsp3) is 0.727. The van der Waals surface area contributed by atoms with Crippen molar-refractivity contribution in [1.29, 1.82) is 0 Å². The highest BCUT2D eigenvalue weighted by Gasteiger charge is 2.19. The van der Waals surface area contributed by atoms with Gasteiger partial charge < -0.3 is 5.11 Å². The van der Waals surface area contributed by atoms with Crippen molar-refractivity contribution in [3.63, 3.8) is 0 Å². The van der Waals surface area contributed by atoms with E-state index < -0.39 is 0 Å². The Bertz CT molecular complexity index is 256. The highest BCUT2D eigenvalue weighted by Crippen LogP contribution is 2.19. The van der Waals surface area contributed by atoms with Crippen LogP contribution >= 0.6 is 0 Å². The van der Waals surface area contributed by atoms with E-state index in [0.717, 1.165) is 12.8 Å². The van der Waals surface area contributed by atoms with E-state index in [1.54, 1.807) is 0 Å². The third-order valence-electron chi connectivity index (χ3n) is 2.49. The summed E-state index contributed by atoms with van der Waals surface area (Å²) in [5.41, 5.74) is 0.573. The first-order valence-electron chi connectivity index (χ1n) is 5.24. The van der Waals surface area contributed by atoms with Crippen molar-refractivity contribution in [3.05, 3.63) is 15.8 Å². The molecule has 0 aromatic heterocycles. The van der Waals surface area contributed by atoms with Crippen LogP contribution in [-0.2, 0) is 6.42 Å². The summed E-state index contributed by atoms with van der Waals surface area (Å²) in [5.74, 6) is 0.0357. The molecule has 74 valence electrons. The van der Waals surface area contributed by atoms with E-state index in [4.69, 9.17) is 5.11 Å². The van der Waals surface area contributed by atoms with Gasteiger partial charge in [-0.2, -0.15) is 0 Å². The molecule has 1 rings (SSSR count). The fourth-order valence-corrected chi connectivity index (χ4v) is 1.51. The lowest BCUT2D eigenvalue weighted by Gasteiger charge is -1.96. The van der Waals surface area contributed by atoms with E-state index in [1.165, 1.54) is 32.1 Å².